The third-order valence-corrected chi connectivity index (χ3v) is 4.34. The molecule has 3 aromatic rings. The van der Waals surface area contributed by atoms with Crippen LogP contribution < -0.4 is 10.4 Å². The molecular formula is C19H16FN5O4. The molecule has 1 aromatic carbocycles. The number of anilines is 1. The van der Waals surface area contributed by atoms with E-state index < -0.39 is 23.9 Å². The van der Waals surface area contributed by atoms with Gasteiger partial charge in [-0.25, -0.2) is 19.3 Å². The summed E-state index contributed by atoms with van der Waals surface area (Å²) in [6.07, 6.45) is 3.13. The highest BCUT2D eigenvalue weighted by atomic mass is 19.1. The summed E-state index contributed by atoms with van der Waals surface area (Å²) < 4.78 is 21.1. The van der Waals surface area contributed by atoms with Gasteiger partial charge in [0.05, 0.1) is 31.2 Å². The van der Waals surface area contributed by atoms with E-state index in [0.717, 1.165) is 11.3 Å². The van der Waals surface area contributed by atoms with Crippen molar-refractivity contribution in [3.05, 3.63) is 60.8 Å². The fourth-order valence-electron chi connectivity index (χ4n) is 2.95. The number of nitrogens with one attached hydrogen (secondary N) is 1. The van der Waals surface area contributed by atoms with Gasteiger partial charge in [-0.05, 0) is 30.3 Å². The Kier molecular flexibility index (Phi) is 4.92. The Morgan fingerprint density at radius 2 is 2.21 bits per heavy atom. The molecule has 0 bridgehead atoms. The lowest BCUT2D eigenvalue weighted by Crippen LogP contribution is -2.36. The zero-order chi connectivity index (χ0) is 20.4. The first-order valence-corrected chi connectivity index (χ1v) is 8.64. The molecule has 2 aromatic heterocycles. The summed E-state index contributed by atoms with van der Waals surface area (Å²) in [5.74, 6) is -1.19. The van der Waals surface area contributed by atoms with Gasteiger partial charge in [0.2, 0.25) is 6.10 Å². The third kappa shape index (κ3) is 3.65. The summed E-state index contributed by atoms with van der Waals surface area (Å²) in [6, 6.07) is 9.73. The van der Waals surface area contributed by atoms with E-state index in [9.17, 15) is 14.0 Å². The molecule has 2 amide bonds. The SMILES string of the molecule is CONC(=O)[C@H]1CN(c2ccc(-n3cc(-c4ccccn4)cn3)c(F)c2)C(=O)O1. The number of hydrogen-bond donors (Lipinski definition) is 1. The van der Waals surface area contributed by atoms with Crippen molar-refractivity contribution in [2.75, 3.05) is 18.6 Å². The molecule has 1 fully saturated rings. The van der Waals surface area contributed by atoms with Gasteiger partial charge in [0.15, 0.2) is 5.82 Å². The fraction of sp³-hybridized carbons (Fsp3) is 0.158. The molecule has 29 heavy (non-hydrogen) atoms. The normalized spacial score (nSPS) is 16.0. The Bertz CT molecular complexity index is 1060. The molecule has 1 aliphatic rings. The Balaban J connectivity index is 1.55. The first-order chi connectivity index (χ1) is 14.1. The summed E-state index contributed by atoms with van der Waals surface area (Å²) in [5, 5.41) is 4.19. The number of halogens is 1. The van der Waals surface area contributed by atoms with Crippen LogP contribution in [0, 0.1) is 5.82 Å². The number of nitrogens with zero attached hydrogens (tertiary/aromatic N) is 4. The van der Waals surface area contributed by atoms with Crippen molar-refractivity contribution < 1.29 is 23.6 Å². The molecule has 0 spiro atoms. The van der Waals surface area contributed by atoms with Crippen molar-refractivity contribution in [3.8, 4) is 16.9 Å². The maximum atomic E-state index is 14.7. The molecule has 0 aliphatic carbocycles. The number of aromatic nitrogens is 3. The van der Waals surface area contributed by atoms with Crippen molar-refractivity contribution in [2.24, 2.45) is 0 Å². The standard InChI is InChI=1S/C19H16FN5O4/c1-28-23-18(26)17-11-24(19(27)29-17)13-5-6-16(14(20)8-13)25-10-12(9-22-25)15-4-2-3-7-21-15/h2-10,17H,11H2,1H3,(H,23,26)/t17-/m1/s1. The van der Waals surface area contributed by atoms with Crippen LogP contribution in [-0.4, -0.2) is 46.5 Å². The van der Waals surface area contributed by atoms with Gasteiger partial charge < -0.3 is 4.74 Å². The van der Waals surface area contributed by atoms with Crippen molar-refractivity contribution in [1.82, 2.24) is 20.2 Å². The number of cyclic esters (lactones) is 1. The maximum Gasteiger partial charge on any atom is 0.415 e. The number of carbonyl (C=O) groups excluding carboxylic acids is 2. The molecule has 0 saturated carbocycles. The highest BCUT2D eigenvalue weighted by Crippen LogP contribution is 2.26. The molecule has 9 nitrogen and oxygen atoms in total. The zero-order valence-electron chi connectivity index (χ0n) is 15.3. The van der Waals surface area contributed by atoms with Crippen molar-refractivity contribution in [3.63, 3.8) is 0 Å². The van der Waals surface area contributed by atoms with Crippen LogP contribution in [0.2, 0.25) is 0 Å². The first-order valence-electron chi connectivity index (χ1n) is 8.64. The number of amides is 2. The molecule has 3 heterocycles. The lowest BCUT2D eigenvalue weighted by atomic mass is 10.2. The highest BCUT2D eigenvalue weighted by molar-refractivity contribution is 5.95. The molecule has 1 aliphatic heterocycles. The monoisotopic (exact) mass is 397 g/mol. The Labute approximate surface area is 164 Å². The van der Waals surface area contributed by atoms with E-state index in [1.165, 1.54) is 28.8 Å². The zero-order valence-corrected chi connectivity index (χ0v) is 15.3. The lowest BCUT2D eigenvalue weighted by molar-refractivity contribution is -0.138. The predicted molar refractivity (Wildman–Crippen MR) is 99.5 cm³/mol. The molecular weight excluding hydrogens is 381 g/mol. The molecule has 1 atom stereocenters. The van der Waals surface area contributed by atoms with Gasteiger partial charge in [-0.1, -0.05) is 6.07 Å². The van der Waals surface area contributed by atoms with E-state index in [0.29, 0.717) is 0 Å². The number of hydroxylamine groups is 1. The van der Waals surface area contributed by atoms with Gasteiger partial charge in [-0.2, -0.15) is 5.10 Å². The quantitative estimate of drug-likeness (QED) is 0.662. The molecule has 10 heteroatoms. The molecule has 4 rings (SSSR count). The number of rotatable bonds is 5. The lowest BCUT2D eigenvalue weighted by Gasteiger charge is -2.14. The average molecular weight is 397 g/mol. The average Bonchev–Trinajstić information content (AvgIpc) is 3.36. The second kappa shape index (κ2) is 7.68. The van der Waals surface area contributed by atoms with Crippen LogP contribution in [0.15, 0.2) is 55.0 Å². The largest absolute Gasteiger partial charge is 0.434 e. The van der Waals surface area contributed by atoms with Crippen molar-refractivity contribution in [2.45, 2.75) is 6.10 Å². The molecule has 0 radical (unpaired) electrons. The minimum atomic E-state index is -1.04. The number of hydrogen-bond acceptors (Lipinski definition) is 6. The highest BCUT2D eigenvalue weighted by Gasteiger charge is 2.37. The second-order valence-corrected chi connectivity index (χ2v) is 6.18. The smallest absolute Gasteiger partial charge is 0.415 e. The Morgan fingerprint density at radius 3 is 2.93 bits per heavy atom. The van der Waals surface area contributed by atoms with Gasteiger partial charge in [-0.3, -0.25) is 19.5 Å². The van der Waals surface area contributed by atoms with E-state index in [-0.39, 0.29) is 17.9 Å². The number of carbonyl (C=O) groups is 2. The van der Waals surface area contributed by atoms with Crippen LogP contribution >= 0.6 is 0 Å². The van der Waals surface area contributed by atoms with Gasteiger partial charge in [0, 0.05) is 18.0 Å². The van der Waals surface area contributed by atoms with E-state index in [1.807, 2.05) is 12.1 Å². The number of ether oxygens (including phenoxy) is 1. The van der Waals surface area contributed by atoms with Crippen LogP contribution in [0.3, 0.4) is 0 Å². The minimum Gasteiger partial charge on any atom is -0.434 e. The van der Waals surface area contributed by atoms with Crippen LogP contribution in [0.4, 0.5) is 14.9 Å². The van der Waals surface area contributed by atoms with Crippen LogP contribution in [0.1, 0.15) is 0 Å². The van der Waals surface area contributed by atoms with E-state index >= 15 is 0 Å². The summed E-state index contributed by atoms with van der Waals surface area (Å²) in [6.45, 7) is -0.0571. The van der Waals surface area contributed by atoms with Crippen molar-refractivity contribution in [1.29, 1.82) is 0 Å². The van der Waals surface area contributed by atoms with Crippen LogP contribution in [-0.2, 0) is 14.4 Å². The molecule has 148 valence electrons. The van der Waals surface area contributed by atoms with E-state index in [4.69, 9.17) is 4.74 Å². The summed E-state index contributed by atoms with van der Waals surface area (Å²) in [7, 11) is 1.27. The van der Waals surface area contributed by atoms with Gasteiger partial charge >= 0.3 is 6.09 Å². The van der Waals surface area contributed by atoms with Gasteiger partial charge in [0.25, 0.3) is 5.91 Å². The first kappa shape index (κ1) is 18.6. The van der Waals surface area contributed by atoms with Crippen LogP contribution in [0.5, 0.6) is 0 Å². The summed E-state index contributed by atoms with van der Waals surface area (Å²) in [4.78, 5) is 33.8. The Hall–Kier alpha value is -3.79. The van der Waals surface area contributed by atoms with Crippen LogP contribution in [0.25, 0.3) is 16.9 Å². The number of pyridine rings is 1. The van der Waals surface area contributed by atoms with E-state index in [2.05, 4.69) is 20.4 Å². The van der Waals surface area contributed by atoms with Crippen molar-refractivity contribution >= 4 is 17.7 Å². The third-order valence-electron chi connectivity index (χ3n) is 4.34. The number of benzene rings is 1. The molecule has 1 saturated heterocycles. The molecule has 0 unspecified atom stereocenters. The van der Waals surface area contributed by atoms with E-state index in [1.54, 1.807) is 30.7 Å². The molecule has 1 N–H and O–H groups in total. The predicted octanol–water partition coefficient (Wildman–Crippen LogP) is 2.08. The van der Waals surface area contributed by atoms with Gasteiger partial charge in [0.1, 0.15) is 5.69 Å². The second-order valence-electron chi connectivity index (χ2n) is 6.18. The Morgan fingerprint density at radius 1 is 1.34 bits per heavy atom. The van der Waals surface area contributed by atoms with Gasteiger partial charge in [-0.15, -0.1) is 0 Å². The summed E-state index contributed by atoms with van der Waals surface area (Å²) >= 11 is 0. The maximum absolute atomic E-state index is 14.7. The topological polar surface area (TPSA) is 98.6 Å². The fourth-order valence-corrected chi connectivity index (χ4v) is 2.95. The minimum absolute atomic E-state index is 0.0571. The summed E-state index contributed by atoms with van der Waals surface area (Å²) in [5.41, 5.74) is 4.03.